The molecule has 2 N–H and O–H groups in total. The van der Waals surface area contributed by atoms with E-state index in [4.69, 9.17) is 10.00 Å². The molecule has 6 atom stereocenters. The van der Waals surface area contributed by atoms with E-state index >= 15 is 0 Å². The fraction of sp³-hybridized carbons (Fsp3) is 0.629. The van der Waals surface area contributed by atoms with Gasteiger partial charge in [-0.15, -0.1) is 0 Å². The van der Waals surface area contributed by atoms with E-state index < -0.39 is 0 Å². The predicted octanol–water partition coefficient (Wildman–Crippen LogP) is 8.55. The summed E-state index contributed by atoms with van der Waals surface area (Å²) in [5, 5.41) is 19.5. The Morgan fingerprint density at radius 2 is 1.66 bits per heavy atom. The van der Waals surface area contributed by atoms with Crippen LogP contribution in [0, 0.1) is 50.7 Å². The number of nitriles is 2. The van der Waals surface area contributed by atoms with E-state index in [1.165, 1.54) is 43.9 Å². The van der Waals surface area contributed by atoms with Crippen LogP contribution in [-0.2, 0) is 9.57 Å². The fourth-order valence-corrected chi connectivity index (χ4v) is 8.25. The molecule has 0 spiro atoms. The van der Waals surface area contributed by atoms with E-state index in [-0.39, 0.29) is 28.3 Å². The van der Waals surface area contributed by atoms with Crippen molar-refractivity contribution < 1.29 is 14.4 Å². The third kappa shape index (κ3) is 6.39. The van der Waals surface area contributed by atoms with Crippen LogP contribution in [0.15, 0.2) is 47.7 Å². The zero-order valence-corrected chi connectivity index (χ0v) is 26.0. The molecule has 6 nitrogen and oxygen atoms in total. The highest BCUT2D eigenvalue weighted by Crippen LogP contribution is 2.69. The SMILES string of the molecule is CC.CC(C)=CON.CC12CCC(OC(=O)c3ccc(C#N)cc3)C=C1CCC1C2CCC2(C)CCCCC12C#N. The third-order valence-corrected chi connectivity index (χ3v) is 10.4. The summed E-state index contributed by atoms with van der Waals surface area (Å²) < 4.78 is 5.87. The standard InChI is InChI=1S/C29H34N2O2.C4H9NO.C2H6/c1-27-13-3-4-14-29(27,19-31)25-10-9-22-17-23(11-16-28(22,2)24(25)12-15-27)33-26(32)21-7-5-20(18-30)6-8-21;1-4(2)3-6-5;1-2/h5-8,17,23-25H,3-4,9-16H2,1-2H3;3H,5H2,1-2H3;1-2H3. The van der Waals surface area contributed by atoms with Crippen molar-refractivity contribution in [3.8, 4) is 12.1 Å². The number of rotatable bonds is 3. The van der Waals surface area contributed by atoms with Crippen LogP contribution in [0.3, 0.4) is 0 Å². The summed E-state index contributed by atoms with van der Waals surface area (Å²) in [5.41, 5.74) is 3.66. The first-order valence-corrected chi connectivity index (χ1v) is 15.4. The highest BCUT2D eigenvalue weighted by molar-refractivity contribution is 5.89. The summed E-state index contributed by atoms with van der Waals surface area (Å²) in [6, 6.07) is 11.6. The van der Waals surface area contributed by atoms with Gasteiger partial charge in [-0.1, -0.05) is 46.1 Å². The van der Waals surface area contributed by atoms with E-state index in [9.17, 15) is 10.1 Å². The van der Waals surface area contributed by atoms with E-state index in [1.807, 2.05) is 27.7 Å². The Morgan fingerprint density at radius 1 is 0.976 bits per heavy atom. The molecule has 5 rings (SSSR count). The number of allylic oxidation sites excluding steroid dienone is 2. The molecule has 4 aliphatic rings. The zero-order chi connectivity index (χ0) is 30.3. The van der Waals surface area contributed by atoms with Crippen LogP contribution < -0.4 is 5.90 Å². The second-order valence-electron chi connectivity index (χ2n) is 12.8. The lowest BCUT2D eigenvalue weighted by atomic mass is 9.39. The summed E-state index contributed by atoms with van der Waals surface area (Å²) in [6.45, 7) is 12.6. The van der Waals surface area contributed by atoms with Crippen molar-refractivity contribution >= 4 is 5.97 Å². The van der Waals surface area contributed by atoms with Gasteiger partial charge >= 0.3 is 5.97 Å². The van der Waals surface area contributed by atoms with Crippen molar-refractivity contribution in [3.63, 3.8) is 0 Å². The Labute approximate surface area is 247 Å². The smallest absolute Gasteiger partial charge is 0.338 e. The molecular formula is C35H49N3O3. The molecule has 3 saturated carbocycles. The Balaban J connectivity index is 0.000000515. The number of carbonyl (C=O) groups excluding carboxylic acids is 1. The van der Waals surface area contributed by atoms with Crippen LogP contribution in [0.1, 0.15) is 122 Å². The molecule has 0 heterocycles. The van der Waals surface area contributed by atoms with Crippen LogP contribution in [0.4, 0.5) is 0 Å². The van der Waals surface area contributed by atoms with Gasteiger partial charge in [-0.05, 0) is 124 Å². The van der Waals surface area contributed by atoms with Crippen molar-refractivity contribution in [2.75, 3.05) is 0 Å². The molecule has 4 aliphatic carbocycles. The minimum absolute atomic E-state index is 0.114. The molecule has 3 fully saturated rings. The van der Waals surface area contributed by atoms with Gasteiger partial charge in [0.15, 0.2) is 0 Å². The van der Waals surface area contributed by atoms with Crippen molar-refractivity contribution in [2.45, 2.75) is 112 Å². The lowest BCUT2D eigenvalue weighted by molar-refractivity contribution is -0.117. The summed E-state index contributed by atoms with van der Waals surface area (Å²) in [7, 11) is 0. The van der Waals surface area contributed by atoms with E-state index in [0.717, 1.165) is 37.7 Å². The van der Waals surface area contributed by atoms with E-state index in [1.54, 1.807) is 24.3 Å². The van der Waals surface area contributed by atoms with E-state index in [2.05, 4.69) is 42.8 Å². The predicted molar refractivity (Wildman–Crippen MR) is 162 cm³/mol. The average Bonchev–Trinajstić information content (AvgIpc) is 2.98. The van der Waals surface area contributed by atoms with Crippen LogP contribution >= 0.6 is 0 Å². The highest BCUT2D eigenvalue weighted by Gasteiger charge is 2.63. The van der Waals surface area contributed by atoms with Crippen LogP contribution in [0.2, 0.25) is 0 Å². The maximum Gasteiger partial charge on any atom is 0.338 e. The Bertz CT molecular complexity index is 1200. The summed E-state index contributed by atoms with van der Waals surface area (Å²) in [4.78, 5) is 16.8. The lowest BCUT2D eigenvalue weighted by Gasteiger charge is -2.63. The van der Waals surface area contributed by atoms with Crippen molar-refractivity contribution in [3.05, 3.63) is 58.9 Å². The van der Waals surface area contributed by atoms with Gasteiger partial charge in [0, 0.05) is 0 Å². The topological polar surface area (TPSA) is 109 Å². The minimum atomic E-state index is -0.322. The molecule has 0 radical (unpaired) electrons. The maximum atomic E-state index is 12.7. The molecule has 222 valence electrons. The van der Waals surface area contributed by atoms with Crippen molar-refractivity contribution in [2.24, 2.45) is 34.0 Å². The first-order chi connectivity index (χ1) is 19.6. The number of hydrogen-bond acceptors (Lipinski definition) is 6. The molecule has 0 aliphatic heterocycles. The molecule has 1 aromatic carbocycles. The first-order valence-electron chi connectivity index (χ1n) is 15.4. The fourth-order valence-electron chi connectivity index (χ4n) is 8.25. The van der Waals surface area contributed by atoms with Crippen LogP contribution in [0.5, 0.6) is 0 Å². The second kappa shape index (κ2) is 13.7. The molecule has 0 aromatic heterocycles. The van der Waals surface area contributed by atoms with Gasteiger partial charge in [-0.2, -0.15) is 16.4 Å². The summed E-state index contributed by atoms with van der Waals surface area (Å²) in [5.74, 6) is 5.37. The van der Waals surface area contributed by atoms with E-state index in [0.29, 0.717) is 23.0 Å². The number of hydrogen-bond donors (Lipinski definition) is 1. The number of nitrogens with zero attached hydrogens (tertiary/aromatic N) is 2. The molecule has 41 heavy (non-hydrogen) atoms. The Morgan fingerprint density at radius 3 is 2.24 bits per heavy atom. The molecule has 0 saturated heterocycles. The van der Waals surface area contributed by atoms with Gasteiger partial charge in [0.1, 0.15) is 12.4 Å². The quantitative estimate of drug-likeness (QED) is 0.172. The number of fused-ring (bicyclic) bond motifs is 5. The normalized spacial score (nSPS) is 33.0. The average molecular weight is 560 g/mol. The lowest BCUT2D eigenvalue weighted by Crippen LogP contribution is -2.58. The molecule has 0 amide bonds. The number of esters is 1. The second-order valence-corrected chi connectivity index (χ2v) is 12.8. The number of ether oxygens (including phenoxy) is 1. The van der Waals surface area contributed by atoms with Gasteiger partial charge < -0.3 is 9.57 Å². The Kier molecular flexibility index (Phi) is 10.8. The number of benzene rings is 1. The first kappa shape index (κ1) is 32.4. The molecule has 6 heteroatoms. The largest absolute Gasteiger partial charge is 0.455 e. The van der Waals surface area contributed by atoms with Gasteiger partial charge in [-0.3, -0.25) is 0 Å². The van der Waals surface area contributed by atoms with Crippen molar-refractivity contribution in [1.82, 2.24) is 0 Å². The Hall–Kier alpha value is -3.09. The maximum absolute atomic E-state index is 12.7. The molecule has 0 bridgehead atoms. The van der Waals surface area contributed by atoms with Gasteiger partial charge in [0.25, 0.3) is 0 Å². The third-order valence-electron chi connectivity index (χ3n) is 10.4. The number of carbonyl (C=O) groups is 1. The van der Waals surface area contributed by atoms with Crippen molar-refractivity contribution in [1.29, 1.82) is 10.5 Å². The number of nitrogens with two attached hydrogens (primary N) is 1. The molecular weight excluding hydrogens is 510 g/mol. The molecule has 1 aromatic rings. The van der Waals surface area contributed by atoms with Gasteiger partial charge in [0.05, 0.1) is 28.7 Å². The minimum Gasteiger partial charge on any atom is -0.455 e. The highest BCUT2D eigenvalue weighted by atomic mass is 16.6. The van der Waals surface area contributed by atoms with Gasteiger partial charge in [0.2, 0.25) is 0 Å². The zero-order valence-electron chi connectivity index (χ0n) is 26.0. The molecule has 6 unspecified atom stereocenters. The monoisotopic (exact) mass is 559 g/mol. The van der Waals surface area contributed by atoms with Gasteiger partial charge in [-0.25, -0.2) is 4.79 Å². The summed E-state index contributed by atoms with van der Waals surface area (Å²) in [6.07, 6.45) is 14.6. The van der Waals surface area contributed by atoms with Crippen LogP contribution in [0.25, 0.3) is 0 Å². The van der Waals surface area contributed by atoms with Crippen LogP contribution in [-0.4, -0.2) is 12.1 Å². The summed E-state index contributed by atoms with van der Waals surface area (Å²) >= 11 is 0.